The molecule has 0 bridgehead atoms. The van der Waals surface area contributed by atoms with E-state index in [0.717, 1.165) is 6.08 Å². The van der Waals surface area contributed by atoms with Crippen LogP contribution in [-0.2, 0) is 11.3 Å². The van der Waals surface area contributed by atoms with Crippen molar-refractivity contribution < 1.29 is 34.5 Å². The largest absolute Gasteiger partial charge is 1.00 e. The van der Waals surface area contributed by atoms with E-state index in [0.29, 0.717) is 5.56 Å². The number of quaternary nitrogens is 1. The average molecular weight is 231 g/mol. The molecular weight excluding hydrogens is 214 g/mol. The van der Waals surface area contributed by atoms with E-state index in [-0.39, 0.29) is 48.7 Å². The highest BCUT2D eigenvalue weighted by molar-refractivity contribution is 5.76. The molecule has 1 aliphatic heterocycles. The van der Waals surface area contributed by atoms with E-state index < -0.39 is 12.0 Å². The summed E-state index contributed by atoms with van der Waals surface area (Å²) in [6.45, 7) is 0.00894. The fraction of sp³-hybridized carbons (Fsp3) is 0.182. The molecular formula is C11H12ClNO2. The third-order valence-corrected chi connectivity index (χ3v) is 2.00. The first-order valence-electron chi connectivity index (χ1n) is 6.64. The summed E-state index contributed by atoms with van der Waals surface area (Å²) in [7, 11) is 0. The highest BCUT2D eigenvalue weighted by atomic mass is 35.5. The Morgan fingerprint density at radius 2 is 2.33 bits per heavy atom. The molecule has 3 N–H and O–H groups in total. The van der Waals surface area contributed by atoms with Crippen molar-refractivity contribution in [3.63, 3.8) is 0 Å². The van der Waals surface area contributed by atoms with Crippen LogP contribution in [0.2, 0.25) is 0 Å². The molecule has 0 saturated heterocycles. The zero-order valence-electron chi connectivity index (χ0n) is 12.7. The van der Waals surface area contributed by atoms with Gasteiger partial charge in [0.2, 0.25) is 6.02 Å². The van der Waals surface area contributed by atoms with Crippen molar-refractivity contribution in [1.29, 1.82) is 0 Å². The van der Waals surface area contributed by atoms with Gasteiger partial charge in [0.15, 0.2) is 0 Å². The molecule has 0 saturated carbocycles. The normalized spacial score (nSPS) is 28.1. The molecule has 1 atom stereocenters. The fourth-order valence-corrected chi connectivity index (χ4v) is 1.26. The third kappa shape index (κ3) is 2.58. The minimum Gasteiger partial charge on any atom is -1.00 e. The van der Waals surface area contributed by atoms with Gasteiger partial charge in [-0.3, -0.25) is 0 Å². The molecule has 2 rings (SSSR count). The number of hydrogen-bond donors (Lipinski definition) is 2. The lowest BCUT2D eigenvalue weighted by atomic mass is 10.1. The number of carboxylic acid groups (broad SMARTS) is 1. The molecule has 1 unspecified atom stereocenters. The van der Waals surface area contributed by atoms with Crippen LogP contribution in [-0.4, -0.2) is 17.1 Å². The van der Waals surface area contributed by atoms with Gasteiger partial charge < -0.3 is 22.8 Å². The zero-order chi connectivity index (χ0) is 14.4. The molecule has 3 nitrogen and oxygen atoms in total. The fourth-order valence-electron chi connectivity index (χ4n) is 1.26. The Morgan fingerprint density at radius 1 is 1.60 bits per heavy atom. The maximum atomic E-state index is 11.0. The Morgan fingerprint density at radius 3 is 3.07 bits per heavy atom. The number of carboxylic acids is 1. The van der Waals surface area contributed by atoms with Crippen LogP contribution < -0.4 is 17.7 Å². The third-order valence-electron chi connectivity index (χ3n) is 2.00. The average Bonchev–Trinajstić information content (AvgIpc) is 2.54. The maximum absolute atomic E-state index is 11.0. The van der Waals surface area contributed by atoms with E-state index in [4.69, 9.17) is 12.0 Å². The first kappa shape index (κ1) is 6.30. The quantitative estimate of drug-likeness (QED) is 0.549. The number of rotatable bonds is 1. The van der Waals surface area contributed by atoms with E-state index in [1.807, 2.05) is 0 Å². The van der Waals surface area contributed by atoms with Gasteiger partial charge in [0.1, 0.15) is 7.92 Å². The van der Waals surface area contributed by atoms with Crippen molar-refractivity contribution in [2.75, 3.05) is 0 Å². The molecule has 80 valence electrons. The van der Waals surface area contributed by atoms with Gasteiger partial charge in [0, 0.05) is 5.56 Å². The number of halogens is 1. The van der Waals surface area contributed by atoms with Gasteiger partial charge in [0.25, 0.3) is 0 Å². The molecule has 1 aromatic rings. The number of aliphatic carboxylic acids is 1. The van der Waals surface area contributed by atoms with Crippen LogP contribution in [0, 0.1) is 0 Å². The molecule has 4 heteroatoms. The minimum absolute atomic E-state index is 0. The summed E-state index contributed by atoms with van der Waals surface area (Å²) in [6.07, 6.45) is 2.42. The summed E-state index contributed by atoms with van der Waals surface area (Å²) < 4.78 is 38.5. The van der Waals surface area contributed by atoms with Gasteiger partial charge in [-0.05, 0) is 11.6 Å². The van der Waals surface area contributed by atoms with Gasteiger partial charge in [-0.25, -0.2) is 4.79 Å². The Balaban J connectivity index is 0.00000200. The van der Waals surface area contributed by atoms with Crippen molar-refractivity contribution in [2.45, 2.75) is 12.6 Å². The molecule has 0 fully saturated rings. The van der Waals surface area contributed by atoms with Crippen molar-refractivity contribution >= 4 is 12.0 Å². The van der Waals surface area contributed by atoms with E-state index in [1.165, 1.54) is 11.4 Å². The predicted molar refractivity (Wildman–Crippen MR) is 52.5 cm³/mol. The van der Waals surface area contributed by atoms with Crippen molar-refractivity contribution in [3.05, 3.63) is 41.4 Å². The number of benzene rings is 1. The van der Waals surface area contributed by atoms with Gasteiger partial charge in [-0.2, -0.15) is 0 Å². The molecule has 0 aliphatic carbocycles. The predicted octanol–water partition coefficient (Wildman–Crippen LogP) is -2.77. The topological polar surface area (TPSA) is 53.9 Å². The highest BCUT2D eigenvalue weighted by Crippen LogP contribution is 2.11. The van der Waals surface area contributed by atoms with E-state index in [9.17, 15) is 4.79 Å². The summed E-state index contributed by atoms with van der Waals surface area (Å²) in [5, 5.41) is 10.2. The van der Waals surface area contributed by atoms with Crippen LogP contribution in [0.3, 0.4) is 0 Å². The number of fused-ring (bicyclic) bond motifs is 1. The van der Waals surface area contributed by atoms with E-state index in [1.54, 1.807) is 0 Å². The lowest BCUT2D eigenvalue weighted by Crippen LogP contribution is -3.00. The smallest absolute Gasteiger partial charge is 0.366 e. The van der Waals surface area contributed by atoms with Crippen LogP contribution in [0.4, 0.5) is 0 Å². The Bertz CT molecular complexity index is 607. The molecule has 0 aromatic heterocycles. The van der Waals surface area contributed by atoms with Gasteiger partial charge in [0.05, 0.1) is 5.48 Å². The van der Waals surface area contributed by atoms with E-state index >= 15 is 0 Å². The first-order chi connectivity index (χ1) is 8.78. The SMILES string of the molecule is [2H]c1c([2H])c([2H])c2c(c1[2H])C=CC([2H])(C(=O)O)[NH2+]C2.[Cl-]. The lowest BCUT2D eigenvalue weighted by Gasteiger charge is -2.04. The summed E-state index contributed by atoms with van der Waals surface area (Å²) in [5.41, 5.74) is 0.565. The van der Waals surface area contributed by atoms with Crippen LogP contribution in [0.5, 0.6) is 0 Å². The number of carbonyl (C=O) groups is 1. The van der Waals surface area contributed by atoms with Crippen LogP contribution in [0.15, 0.2) is 30.2 Å². The van der Waals surface area contributed by atoms with Gasteiger partial charge >= 0.3 is 5.97 Å². The van der Waals surface area contributed by atoms with Gasteiger partial charge in [-0.1, -0.05) is 30.2 Å². The lowest BCUT2D eigenvalue weighted by molar-refractivity contribution is -0.683. The molecule has 15 heavy (non-hydrogen) atoms. The number of nitrogens with two attached hydrogens (primary N) is 1. The highest BCUT2D eigenvalue weighted by Gasteiger charge is 2.19. The van der Waals surface area contributed by atoms with Crippen LogP contribution in [0.1, 0.15) is 18.0 Å². The van der Waals surface area contributed by atoms with Crippen molar-refractivity contribution in [3.8, 4) is 0 Å². The summed E-state index contributed by atoms with van der Waals surface area (Å²) in [4.78, 5) is 11.0. The summed E-state index contributed by atoms with van der Waals surface area (Å²) in [6, 6.07) is -3.02. The minimum atomic E-state index is -1.91. The Kier molecular flexibility index (Phi) is 2.08. The van der Waals surface area contributed by atoms with Crippen molar-refractivity contribution in [1.82, 2.24) is 0 Å². The summed E-state index contributed by atoms with van der Waals surface area (Å²) >= 11 is 0. The Labute approximate surface area is 101 Å². The molecule has 1 aromatic carbocycles. The van der Waals surface area contributed by atoms with Gasteiger partial charge in [-0.15, -0.1) is 0 Å². The standard InChI is InChI=1S/C11H11NO2.ClH/c13-11(14)10-6-5-8-3-1-2-4-9(8)7-12-10;/h1-6,10,12H,7H2,(H,13,14);1H/i1D,2D,3D,4D,10D;. The maximum Gasteiger partial charge on any atom is 0.366 e. The first-order valence-corrected chi connectivity index (χ1v) is 4.14. The Hall–Kier alpha value is -1.32. The number of hydrogen-bond acceptors (Lipinski definition) is 1. The molecule has 1 aliphatic rings. The van der Waals surface area contributed by atoms with Crippen molar-refractivity contribution in [2.24, 2.45) is 0 Å². The molecule has 0 spiro atoms. The second-order valence-corrected chi connectivity index (χ2v) is 2.89. The molecule has 0 radical (unpaired) electrons. The monoisotopic (exact) mass is 230 g/mol. The molecule has 1 heterocycles. The summed E-state index contributed by atoms with van der Waals surface area (Å²) in [5.74, 6) is -1.34. The second kappa shape index (κ2) is 4.96. The van der Waals surface area contributed by atoms with Crippen LogP contribution >= 0.6 is 0 Å². The molecule has 0 amide bonds. The zero-order valence-corrected chi connectivity index (χ0v) is 8.43. The van der Waals surface area contributed by atoms with Crippen LogP contribution in [0.25, 0.3) is 6.08 Å². The van der Waals surface area contributed by atoms with E-state index in [2.05, 4.69) is 0 Å². The second-order valence-electron chi connectivity index (χ2n) is 2.89.